The molecule has 0 bridgehead atoms. The number of carbonyl (C=O) groups is 2. The molecule has 0 aliphatic carbocycles. The Balaban J connectivity index is 1.99. The van der Waals surface area contributed by atoms with Gasteiger partial charge in [-0.1, -0.05) is 0 Å². The Morgan fingerprint density at radius 1 is 1.21 bits per heavy atom. The number of thiophene rings is 1. The number of hydrogen-bond donors (Lipinski definition) is 2. The minimum absolute atomic E-state index is 0.0619. The van der Waals surface area contributed by atoms with Gasteiger partial charge in [-0.05, 0) is 55.1 Å². The van der Waals surface area contributed by atoms with E-state index in [1.54, 1.807) is 18.4 Å². The minimum atomic E-state index is -3.79. The molecular formula is C15H16N2O5S2. The summed E-state index contributed by atoms with van der Waals surface area (Å²) < 4.78 is 27.5. The number of ether oxygens (including phenoxy) is 1. The predicted molar refractivity (Wildman–Crippen MR) is 90.4 cm³/mol. The van der Waals surface area contributed by atoms with Crippen LogP contribution in [0.3, 0.4) is 0 Å². The van der Waals surface area contributed by atoms with E-state index in [2.05, 4.69) is 5.32 Å². The molecule has 1 amide bonds. The van der Waals surface area contributed by atoms with Crippen LogP contribution in [0.5, 0.6) is 0 Å². The van der Waals surface area contributed by atoms with E-state index in [1.165, 1.54) is 42.5 Å². The normalized spacial score (nSPS) is 12.5. The fraction of sp³-hybridized carbons (Fsp3) is 0.200. The molecule has 7 nitrogen and oxygen atoms in total. The van der Waals surface area contributed by atoms with Crippen LogP contribution in [-0.4, -0.2) is 26.4 Å². The van der Waals surface area contributed by atoms with Crippen LogP contribution in [0.2, 0.25) is 0 Å². The van der Waals surface area contributed by atoms with E-state index in [0.29, 0.717) is 10.6 Å². The summed E-state index contributed by atoms with van der Waals surface area (Å²) in [6.45, 7) is 3.24. The van der Waals surface area contributed by atoms with Gasteiger partial charge in [0.15, 0.2) is 6.10 Å². The molecule has 24 heavy (non-hydrogen) atoms. The molecule has 2 aromatic rings. The molecule has 0 fully saturated rings. The number of hydrogen-bond acceptors (Lipinski definition) is 6. The second-order valence-corrected chi connectivity index (χ2v) is 7.52. The van der Waals surface area contributed by atoms with Gasteiger partial charge in [-0.3, -0.25) is 4.79 Å². The van der Waals surface area contributed by atoms with Gasteiger partial charge in [0, 0.05) is 5.69 Å². The lowest BCUT2D eigenvalue weighted by Gasteiger charge is -2.13. The summed E-state index contributed by atoms with van der Waals surface area (Å²) in [6, 6.07) is 7.14. The summed E-state index contributed by atoms with van der Waals surface area (Å²) in [5.74, 6) is -1.09. The van der Waals surface area contributed by atoms with Gasteiger partial charge in [-0.15, -0.1) is 11.3 Å². The van der Waals surface area contributed by atoms with Crippen molar-refractivity contribution in [2.45, 2.75) is 24.8 Å². The monoisotopic (exact) mass is 368 g/mol. The van der Waals surface area contributed by atoms with E-state index >= 15 is 0 Å². The van der Waals surface area contributed by atoms with Crippen LogP contribution in [-0.2, 0) is 19.6 Å². The molecule has 0 saturated heterocycles. The average Bonchev–Trinajstić information content (AvgIpc) is 2.93. The van der Waals surface area contributed by atoms with E-state index in [4.69, 9.17) is 9.88 Å². The number of nitrogens with one attached hydrogen (secondary N) is 1. The lowest BCUT2D eigenvalue weighted by atomic mass is 10.3. The SMILES string of the molecule is Cc1ccsc1C(=O)O[C@@H](C)C(=O)Nc1ccc(S(N)(=O)=O)cc1. The summed E-state index contributed by atoms with van der Waals surface area (Å²) in [5.41, 5.74) is 1.15. The number of anilines is 1. The topological polar surface area (TPSA) is 116 Å². The second kappa shape index (κ2) is 7.12. The Labute approximate surface area is 143 Å². The highest BCUT2D eigenvalue weighted by molar-refractivity contribution is 7.89. The fourth-order valence-electron chi connectivity index (χ4n) is 1.82. The molecule has 1 aromatic carbocycles. The Morgan fingerprint density at radius 2 is 1.83 bits per heavy atom. The highest BCUT2D eigenvalue weighted by Crippen LogP contribution is 2.18. The van der Waals surface area contributed by atoms with Crippen molar-refractivity contribution in [1.82, 2.24) is 0 Å². The van der Waals surface area contributed by atoms with E-state index in [1.807, 2.05) is 0 Å². The molecule has 3 N–H and O–H groups in total. The van der Waals surface area contributed by atoms with Crippen LogP contribution < -0.4 is 10.5 Å². The van der Waals surface area contributed by atoms with E-state index in [-0.39, 0.29) is 4.90 Å². The Hall–Kier alpha value is -2.23. The number of aryl methyl sites for hydroxylation is 1. The molecule has 1 atom stereocenters. The molecule has 0 radical (unpaired) electrons. The maximum absolute atomic E-state index is 12.1. The summed E-state index contributed by atoms with van der Waals surface area (Å²) >= 11 is 1.24. The number of sulfonamides is 1. The van der Waals surface area contributed by atoms with Crippen LogP contribution in [0.15, 0.2) is 40.6 Å². The molecule has 1 aromatic heterocycles. The molecular weight excluding hydrogens is 352 g/mol. The minimum Gasteiger partial charge on any atom is -0.448 e. The third-order valence-electron chi connectivity index (χ3n) is 3.15. The highest BCUT2D eigenvalue weighted by Gasteiger charge is 2.21. The van der Waals surface area contributed by atoms with Gasteiger partial charge in [0.1, 0.15) is 4.88 Å². The van der Waals surface area contributed by atoms with Gasteiger partial charge in [-0.25, -0.2) is 18.4 Å². The number of rotatable bonds is 5. The smallest absolute Gasteiger partial charge is 0.349 e. The third-order valence-corrected chi connectivity index (χ3v) is 5.08. The summed E-state index contributed by atoms with van der Waals surface area (Å²) in [6.07, 6.45) is -1.00. The number of nitrogens with two attached hydrogens (primary N) is 1. The molecule has 1 heterocycles. The van der Waals surface area contributed by atoms with Gasteiger partial charge in [0.25, 0.3) is 5.91 Å². The maximum atomic E-state index is 12.1. The molecule has 0 spiro atoms. The second-order valence-electron chi connectivity index (χ2n) is 5.04. The maximum Gasteiger partial charge on any atom is 0.349 e. The van der Waals surface area contributed by atoms with Gasteiger partial charge >= 0.3 is 5.97 Å². The zero-order valence-corrected chi connectivity index (χ0v) is 14.6. The summed E-state index contributed by atoms with van der Waals surface area (Å²) in [4.78, 5) is 24.4. The van der Waals surface area contributed by atoms with Crippen LogP contribution >= 0.6 is 11.3 Å². The first-order valence-corrected chi connectivity index (χ1v) is 9.30. The Bertz CT molecular complexity index is 856. The van der Waals surface area contributed by atoms with Crippen molar-refractivity contribution in [2.75, 3.05) is 5.32 Å². The lowest BCUT2D eigenvalue weighted by Crippen LogP contribution is -2.30. The molecule has 9 heteroatoms. The van der Waals surface area contributed by atoms with E-state index < -0.39 is 28.0 Å². The quantitative estimate of drug-likeness (QED) is 0.782. The van der Waals surface area contributed by atoms with E-state index in [0.717, 1.165) is 5.56 Å². The van der Waals surface area contributed by atoms with Crippen LogP contribution in [0.1, 0.15) is 22.2 Å². The highest BCUT2D eigenvalue weighted by atomic mass is 32.2. The number of primary sulfonamides is 1. The van der Waals surface area contributed by atoms with Crippen LogP contribution in [0, 0.1) is 6.92 Å². The van der Waals surface area contributed by atoms with Crippen molar-refractivity contribution in [2.24, 2.45) is 5.14 Å². The van der Waals surface area contributed by atoms with Crippen molar-refractivity contribution in [3.63, 3.8) is 0 Å². The summed E-state index contributed by atoms with van der Waals surface area (Å²) in [7, 11) is -3.79. The van der Waals surface area contributed by atoms with Gasteiger partial charge < -0.3 is 10.1 Å². The van der Waals surface area contributed by atoms with Gasteiger partial charge in [0.05, 0.1) is 4.90 Å². The van der Waals surface area contributed by atoms with Crippen LogP contribution in [0.4, 0.5) is 5.69 Å². The van der Waals surface area contributed by atoms with Crippen LogP contribution in [0.25, 0.3) is 0 Å². The summed E-state index contributed by atoms with van der Waals surface area (Å²) in [5, 5.41) is 9.30. The van der Waals surface area contributed by atoms with Gasteiger partial charge in [0.2, 0.25) is 10.0 Å². The number of esters is 1. The van der Waals surface area contributed by atoms with Crippen molar-refractivity contribution in [1.29, 1.82) is 0 Å². The predicted octanol–water partition coefficient (Wildman–Crippen LogP) is 1.89. The zero-order chi connectivity index (χ0) is 17.9. The van der Waals surface area contributed by atoms with Crippen molar-refractivity contribution in [3.8, 4) is 0 Å². The molecule has 0 saturated carbocycles. The fourth-order valence-corrected chi connectivity index (χ4v) is 3.14. The average molecular weight is 368 g/mol. The molecule has 0 unspecified atom stereocenters. The molecule has 0 aliphatic heterocycles. The first-order chi connectivity index (χ1) is 11.2. The van der Waals surface area contributed by atoms with Gasteiger partial charge in [-0.2, -0.15) is 0 Å². The standard InChI is InChI=1S/C15H16N2O5S2/c1-9-7-8-23-13(9)15(19)22-10(2)14(18)17-11-3-5-12(6-4-11)24(16,20)21/h3-8,10H,1-2H3,(H,17,18)(H2,16,20,21)/t10-/m0/s1. The lowest BCUT2D eigenvalue weighted by molar-refractivity contribution is -0.123. The van der Waals surface area contributed by atoms with E-state index in [9.17, 15) is 18.0 Å². The first-order valence-electron chi connectivity index (χ1n) is 6.87. The van der Waals surface area contributed by atoms with Crippen molar-refractivity contribution in [3.05, 3.63) is 46.2 Å². The number of benzene rings is 1. The molecule has 2 rings (SSSR count). The molecule has 0 aliphatic rings. The molecule has 128 valence electrons. The largest absolute Gasteiger partial charge is 0.448 e. The Kier molecular flexibility index (Phi) is 5.37. The van der Waals surface area contributed by atoms with Crippen molar-refractivity contribution >= 4 is 38.9 Å². The van der Waals surface area contributed by atoms with Crippen molar-refractivity contribution < 1.29 is 22.7 Å². The first kappa shape index (κ1) is 18.1. The third kappa shape index (κ3) is 4.40. The zero-order valence-electron chi connectivity index (χ0n) is 13.0. The Morgan fingerprint density at radius 3 is 2.33 bits per heavy atom. The number of carbonyl (C=O) groups excluding carboxylic acids is 2. The number of amides is 1.